The minimum absolute atomic E-state index is 0.0282. The van der Waals surface area contributed by atoms with E-state index in [-0.39, 0.29) is 6.03 Å². The molecule has 0 saturated carbocycles. The number of carbonyl (C=O) groups excluding carboxylic acids is 1. The van der Waals surface area contributed by atoms with Crippen LogP contribution >= 0.6 is 0 Å². The van der Waals surface area contributed by atoms with E-state index in [4.69, 9.17) is 0 Å². The first-order valence-electron chi connectivity index (χ1n) is 7.50. The van der Waals surface area contributed by atoms with Crippen LogP contribution in [-0.2, 0) is 7.05 Å². The second-order valence-electron chi connectivity index (χ2n) is 5.64. The van der Waals surface area contributed by atoms with Crippen molar-refractivity contribution in [2.24, 2.45) is 7.05 Å². The van der Waals surface area contributed by atoms with Crippen LogP contribution < -0.4 is 5.32 Å². The first-order chi connectivity index (χ1) is 10.1. The number of rotatable bonds is 1. The molecule has 1 saturated heterocycles. The molecule has 3 rings (SSSR count). The van der Waals surface area contributed by atoms with Crippen LogP contribution in [0.15, 0.2) is 12.3 Å². The Bertz CT molecular complexity index is 655. The molecule has 1 aliphatic rings. The third kappa shape index (κ3) is 2.84. The van der Waals surface area contributed by atoms with Gasteiger partial charge in [0, 0.05) is 25.5 Å². The van der Waals surface area contributed by atoms with Crippen LogP contribution in [0.3, 0.4) is 0 Å². The molecule has 0 radical (unpaired) electrons. The number of fused-ring (bicyclic) bond motifs is 1. The average Bonchev–Trinajstić information content (AvgIpc) is 2.68. The summed E-state index contributed by atoms with van der Waals surface area (Å²) in [6.45, 7) is 3.63. The van der Waals surface area contributed by atoms with Gasteiger partial charge in [0.1, 0.15) is 0 Å². The smallest absolute Gasteiger partial charge is 0.321 e. The van der Waals surface area contributed by atoms with Crippen molar-refractivity contribution in [1.29, 1.82) is 0 Å². The van der Waals surface area contributed by atoms with Crippen LogP contribution in [0.25, 0.3) is 11.0 Å². The number of anilines is 1. The third-order valence-corrected chi connectivity index (χ3v) is 4.01. The Labute approximate surface area is 124 Å². The molecule has 2 aromatic rings. The zero-order valence-corrected chi connectivity index (χ0v) is 12.6. The molecule has 0 bridgehead atoms. The van der Waals surface area contributed by atoms with Gasteiger partial charge in [0.15, 0.2) is 5.65 Å². The monoisotopic (exact) mass is 287 g/mol. The quantitative estimate of drug-likeness (QED) is 0.877. The average molecular weight is 287 g/mol. The fourth-order valence-electron chi connectivity index (χ4n) is 2.85. The Balaban J connectivity index is 1.77. The van der Waals surface area contributed by atoms with Gasteiger partial charge in [-0.25, -0.2) is 9.78 Å². The van der Waals surface area contributed by atoms with Gasteiger partial charge in [-0.15, -0.1) is 0 Å². The Hall–Kier alpha value is -2.11. The molecule has 0 atom stereocenters. The zero-order chi connectivity index (χ0) is 14.8. The fraction of sp³-hybridized carbons (Fsp3) is 0.533. The molecule has 21 heavy (non-hydrogen) atoms. The summed E-state index contributed by atoms with van der Waals surface area (Å²) < 4.78 is 1.76. The molecule has 0 aliphatic carbocycles. The van der Waals surface area contributed by atoms with Gasteiger partial charge < -0.3 is 10.2 Å². The number of pyridine rings is 1. The highest BCUT2D eigenvalue weighted by Crippen LogP contribution is 2.20. The van der Waals surface area contributed by atoms with Crippen LogP contribution in [0, 0.1) is 6.92 Å². The molecule has 0 aromatic carbocycles. The molecule has 1 N–H and O–H groups in total. The number of aromatic nitrogens is 3. The standard InChI is InChI=1S/C15H21N5O/c1-11-13-9-12(10-16-14(13)19(2)18-11)17-15(21)20-7-5-3-4-6-8-20/h9-10H,3-8H2,1-2H3,(H,17,21). The van der Waals surface area contributed by atoms with Gasteiger partial charge in [0.25, 0.3) is 0 Å². The lowest BCUT2D eigenvalue weighted by atomic mass is 10.2. The molecular weight excluding hydrogens is 266 g/mol. The number of hydrogen-bond acceptors (Lipinski definition) is 3. The maximum absolute atomic E-state index is 12.3. The molecule has 1 fully saturated rings. The molecule has 1 aliphatic heterocycles. The first kappa shape index (κ1) is 13.9. The number of urea groups is 1. The van der Waals surface area contributed by atoms with Gasteiger partial charge in [0.2, 0.25) is 0 Å². The Morgan fingerprint density at radius 1 is 1.24 bits per heavy atom. The lowest BCUT2D eigenvalue weighted by Gasteiger charge is -2.20. The predicted octanol–water partition coefficient (Wildman–Crippen LogP) is 2.68. The number of hydrogen-bond donors (Lipinski definition) is 1. The number of nitrogens with one attached hydrogen (secondary N) is 1. The molecule has 0 unspecified atom stereocenters. The number of carbonyl (C=O) groups is 1. The van der Waals surface area contributed by atoms with Crippen molar-refractivity contribution in [3.8, 4) is 0 Å². The maximum Gasteiger partial charge on any atom is 0.321 e. The topological polar surface area (TPSA) is 63.1 Å². The molecular formula is C15H21N5O. The van der Waals surface area contributed by atoms with E-state index < -0.39 is 0 Å². The van der Waals surface area contributed by atoms with Crippen molar-refractivity contribution in [1.82, 2.24) is 19.7 Å². The molecule has 3 heterocycles. The highest BCUT2D eigenvalue weighted by Gasteiger charge is 2.16. The largest absolute Gasteiger partial charge is 0.325 e. The van der Waals surface area contributed by atoms with Gasteiger partial charge in [-0.05, 0) is 25.8 Å². The third-order valence-electron chi connectivity index (χ3n) is 4.01. The van der Waals surface area contributed by atoms with Crippen molar-refractivity contribution < 1.29 is 4.79 Å². The highest BCUT2D eigenvalue weighted by molar-refractivity contribution is 5.92. The van der Waals surface area contributed by atoms with Gasteiger partial charge in [-0.2, -0.15) is 5.10 Å². The number of likely N-dealkylation sites (tertiary alicyclic amines) is 1. The number of amides is 2. The fourth-order valence-corrected chi connectivity index (χ4v) is 2.85. The summed E-state index contributed by atoms with van der Waals surface area (Å²) in [7, 11) is 1.87. The van der Waals surface area contributed by atoms with E-state index in [2.05, 4.69) is 15.4 Å². The first-order valence-corrected chi connectivity index (χ1v) is 7.50. The summed E-state index contributed by atoms with van der Waals surface area (Å²) in [6, 6.07) is 1.92. The summed E-state index contributed by atoms with van der Waals surface area (Å²) in [4.78, 5) is 18.6. The minimum Gasteiger partial charge on any atom is -0.325 e. The van der Waals surface area contributed by atoms with E-state index in [0.717, 1.165) is 48.3 Å². The van der Waals surface area contributed by atoms with Gasteiger partial charge in [-0.3, -0.25) is 4.68 Å². The van der Waals surface area contributed by atoms with Gasteiger partial charge in [-0.1, -0.05) is 12.8 Å². The summed E-state index contributed by atoms with van der Waals surface area (Å²) in [5, 5.41) is 8.28. The number of aryl methyl sites for hydroxylation is 2. The van der Waals surface area contributed by atoms with Crippen molar-refractivity contribution in [2.75, 3.05) is 18.4 Å². The van der Waals surface area contributed by atoms with Crippen LogP contribution in [-0.4, -0.2) is 38.8 Å². The van der Waals surface area contributed by atoms with Gasteiger partial charge in [0.05, 0.1) is 17.6 Å². The van der Waals surface area contributed by atoms with E-state index in [1.165, 1.54) is 12.8 Å². The van der Waals surface area contributed by atoms with Crippen molar-refractivity contribution in [2.45, 2.75) is 32.6 Å². The second-order valence-corrected chi connectivity index (χ2v) is 5.64. The van der Waals surface area contributed by atoms with E-state index in [1.54, 1.807) is 10.9 Å². The summed E-state index contributed by atoms with van der Waals surface area (Å²) in [5.74, 6) is 0. The highest BCUT2D eigenvalue weighted by atomic mass is 16.2. The summed E-state index contributed by atoms with van der Waals surface area (Å²) in [6.07, 6.45) is 6.30. The van der Waals surface area contributed by atoms with Crippen molar-refractivity contribution in [3.63, 3.8) is 0 Å². The van der Waals surface area contributed by atoms with E-state index >= 15 is 0 Å². The Morgan fingerprint density at radius 2 is 1.95 bits per heavy atom. The SMILES string of the molecule is Cc1nn(C)c2ncc(NC(=O)N3CCCCCC3)cc12. The molecule has 2 amide bonds. The molecule has 2 aromatic heterocycles. The van der Waals surface area contributed by atoms with E-state index in [0.29, 0.717) is 0 Å². The summed E-state index contributed by atoms with van der Waals surface area (Å²) in [5.41, 5.74) is 2.49. The lowest BCUT2D eigenvalue weighted by Crippen LogP contribution is -2.35. The number of nitrogens with zero attached hydrogens (tertiary/aromatic N) is 4. The van der Waals surface area contributed by atoms with Crippen LogP contribution in [0.5, 0.6) is 0 Å². The van der Waals surface area contributed by atoms with Gasteiger partial charge >= 0.3 is 6.03 Å². The Morgan fingerprint density at radius 3 is 2.67 bits per heavy atom. The Kier molecular flexibility index (Phi) is 3.77. The second kappa shape index (κ2) is 5.71. The van der Waals surface area contributed by atoms with E-state index in [1.807, 2.05) is 24.9 Å². The predicted molar refractivity (Wildman–Crippen MR) is 82.3 cm³/mol. The van der Waals surface area contributed by atoms with Crippen LogP contribution in [0.1, 0.15) is 31.4 Å². The molecule has 0 spiro atoms. The molecule has 6 nitrogen and oxygen atoms in total. The van der Waals surface area contributed by atoms with Crippen molar-refractivity contribution >= 4 is 22.8 Å². The normalized spacial score (nSPS) is 16.0. The van der Waals surface area contributed by atoms with E-state index in [9.17, 15) is 4.79 Å². The lowest BCUT2D eigenvalue weighted by molar-refractivity contribution is 0.214. The molecule has 112 valence electrons. The zero-order valence-electron chi connectivity index (χ0n) is 12.6. The maximum atomic E-state index is 12.3. The van der Waals surface area contributed by atoms with Crippen LogP contribution in [0.2, 0.25) is 0 Å². The van der Waals surface area contributed by atoms with Crippen molar-refractivity contribution in [3.05, 3.63) is 18.0 Å². The summed E-state index contributed by atoms with van der Waals surface area (Å²) >= 11 is 0. The molecule has 6 heteroatoms. The van der Waals surface area contributed by atoms with Crippen LogP contribution in [0.4, 0.5) is 10.5 Å². The minimum atomic E-state index is -0.0282.